The van der Waals surface area contributed by atoms with Crippen LogP contribution >= 0.6 is 15.9 Å². The molecule has 4 nitrogen and oxygen atoms in total. The minimum atomic E-state index is 0.127. The van der Waals surface area contributed by atoms with Gasteiger partial charge in [0.2, 0.25) is 0 Å². The number of hydrogen-bond acceptors (Lipinski definition) is 3. The average molecular weight is 351 g/mol. The summed E-state index contributed by atoms with van der Waals surface area (Å²) in [4.78, 5) is 4.48. The van der Waals surface area contributed by atoms with Crippen molar-refractivity contribution in [2.24, 2.45) is 0 Å². The summed E-state index contributed by atoms with van der Waals surface area (Å²) < 4.78 is 3.09. The van der Waals surface area contributed by atoms with Crippen LogP contribution in [0.2, 0.25) is 0 Å². The fourth-order valence-corrected chi connectivity index (χ4v) is 3.13. The van der Waals surface area contributed by atoms with Gasteiger partial charge in [-0.3, -0.25) is 9.67 Å². The molecule has 0 aliphatic heterocycles. The van der Waals surface area contributed by atoms with Crippen molar-refractivity contribution in [2.75, 3.05) is 6.54 Å². The van der Waals surface area contributed by atoms with E-state index in [-0.39, 0.29) is 6.04 Å². The molecule has 0 saturated heterocycles. The molecule has 0 amide bonds. The smallest absolute Gasteiger partial charge is 0.0761 e. The Morgan fingerprint density at radius 2 is 1.90 bits per heavy atom. The zero-order chi connectivity index (χ0) is 15.4. The van der Waals surface area contributed by atoms with Crippen molar-refractivity contribution in [3.63, 3.8) is 0 Å². The largest absolute Gasteiger partial charge is 0.305 e. The summed E-state index contributed by atoms with van der Waals surface area (Å²) in [6.45, 7) is 10.2. The van der Waals surface area contributed by atoms with E-state index in [0.29, 0.717) is 0 Å². The highest BCUT2D eigenvalue weighted by Crippen LogP contribution is 2.29. The minimum Gasteiger partial charge on any atom is -0.305 e. The lowest BCUT2D eigenvalue weighted by Gasteiger charge is -2.21. The van der Waals surface area contributed by atoms with E-state index in [1.807, 2.05) is 24.7 Å². The Morgan fingerprint density at radius 3 is 2.48 bits per heavy atom. The van der Waals surface area contributed by atoms with Crippen molar-refractivity contribution in [3.8, 4) is 0 Å². The second-order valence-corrected chi connectivity index (χ2v) is 6.12. The van der Waals surface area contributed by atoms with Crippen LogP contribution in [0.1, 0.15) is 49.0 Å². The van der Waals surface area contributed by atoms with Crippen LogP contribution in [0, 0.1) is 13.8 Å². The summed E-state index contributed by atoms with van der Waals surface area (Å²) in [5, 5.41) is 8.09. The van der Waals surface area contributed by atoms with Gasteiger partial charge in [-0.05, 0) is 67.4 Å². The third-order valence-electron chi connectivity index (χ3n) is 3.44. The number of aromatic nitrogens is 3. The first-order valence-electron chi connectivity index (χ1n) is 7.46. The number of nitrogens with zero attached hydrogens (tertiary/aromatic N) is 3. The summed E-state index contributed by atoms with van der Waals surface area (Å²) in [5.41, 5.74) is 4.51. The van der Waals surface area contributed by atoms with Gasteiger partial charge < -0.3 is 5.32 Å². The zero-order valence-corrected chi connectivity index (χ0v) is 14.7. The van der Waals surface area contributed by atoms with Crippen molar-refractivity contribution < 1.29 is 0 Å². The first-order valence-corrected chi connectivity index (χ1v) is 8.25. The fraction of sp³-hybridized carbons (Fsp3) is 0.500. The van der Waals surface area contributed by atoms with Crippen LogP contribution in [-0.2, 0) is 6.54 Å². The molecule has 114 valence electrons. The summed E-state index contributed by atoms with van der Waals surface area (Å²) in [6, 6.07) is 4.43. The molecular formula is C16H23BrN4. The molecule has 1 unspecified atom stereocenters. The van der Waals surface area contributed by atoms with E-state index in [0.717, 1.165) is 35.4 Å². The van der Waals surface area contributed by atoms with Crippen LogP contribution in [0.5, 0.6) is 0 Å². The third kappa shape index (κ3) is 3.71. The molecule has 0 fully saturated rings. The van der Waals surface area contributed by atoms with Crippen molar-refractivity contribution in [3.05, 3.63) is 45.4 Å². The van der Waals surface area contributed by atoms with E-state index in [1.54, 1.807) is 0 Å². The Hall–Kier alpha value is -1.20. The Balaban J connectivity index is 2.49. The van der Waals surface area contributed by atoms with Gasteiger partial charge in [-0.2, -0.15) is 5.10 Å². The Bertz CT molecular complexity index is 586. The first kappa shape index (κ1) is 16.2. The van der Waals surface area contributed by atoms with Crippen molar-refractivity contribution >= 4 is 15.9 Å². The highest BCUT2D eigenvalue weighted by atomic mass is 79.9. The summed E-state index contributed by atoms with van der Waals surface area (Å²) in [5.74, 6) is 0. The molecule has 0 aromatic carbocycles. The van der Waals surface area contributed by atoms with Gasteiger partial charge in [0.15, 0.2) is 0 Å². The van der Waals surface area contributed by atoms with Gasteiger partial charge in [-0.1, -0.05) is 6.92 Å². The molecule has 1 N–H and O–H groups in total. The van der Waals surface area contributed by atoms with Crippen LogP contribution in [-0.4, -0.2) is 21.3 Å². The lowest BCUT2D eigenvalue weighted by atomic mass is 10.0. The molecule has 1 atom stereocenters. The minimum absolute atomic E-state index is 0.127. The van der Waals surface area contributed by atoms with Gasteiger partial charge >= 0.3 is 0 Å². The third-order valence-corrected chi connectivity index (χ3v) is 4.05. The molecular weight excluding hydrogens is 328 g/mol. The van der Waals surface area contributed by atoms with E-state index in [4.69, 9.17) is 0 Å². The van der Waals surface area contributed by atoms with E-state index < -0.39 is 0 Å². The van der Waals surface area contributed by atoms with Crippen LogP contribution in [0.15, 0.2) is 22.8 Å². The number of pyridine rings is 1. The van der Waals surface area contributed by atoms with E-state index in [2.05, 4.69) is 57.3 Å². The molecule has 2 rings (SSSR count). The molecule has 0 aliphatic rings. The summed E-state index contributed by atoms with van der Waals surface area (Å²) in [6.07, 6.45) is 2.97. The second-order valence-electron chi connectivity index (χ2n) is 5.26. The van der Waals surface area contributed by atoms with Gasteiger partial charge in [0, 0.05) is 17.9 Å². The number of hydrogen-bond donors (Lipinski definition) is 1. The summed E-state index contributed by atoms with van der Waals surface area (Å²) in [7, 11) is 0. The number of aryl methyl sites for hydroxylation is 3. The average Bonchev–Trinajstić information content (AvgIpc) is 2.80. The van der Waals surface area contributed by atoms with Crippen LogP contribution in [0.4, 0.5) is 0 Å². The van der Waals surface area contributed by atoms with Gasteiger partial charge in [0.25, 0.3) is 0 Å². The molecule has 0 spiro atoms. The summed E-state index contributed by atoms with van der Waals surface area (Å²) >= 11 is 3.65. The monoisotopic (exact) mass is 350 g/mol. The Labute approximate surface area is 135 Å². The van der Waals surface area contributed by atoms with Crippen LogP contribution in [0.25, 0.3) is 0 Å². The SMILES string of the molecule is CCCNC(c1cc(C)nc(C)c1)c1c(Br)cnn1CC. The van der Waals surface area contributed by atoms with Crippen molar-refractivity contribution in [2.45, 2.75) is 46.7 Å². The highest BCUT2D eigenvalue weighted by Gasteiger charge is 2.21. The van der Waals surface area contributed by atoms with Crippen LogP contribution in [0.3, 0.4) is 0 Å². The van der Waals surface area contributed by atoms with E-state index in [1.165, 1.54) is 11.3 Å². The molecule has 0 bridgehead atoms. The molecule has 0 aliphatic carbocycles. The Morgan fingerprint density at radius 1 is 1.24 bits per heavy atom. The second kappa shape index (κ2) is 7.18. The van der Waals surface area contributed by atoms with Gasteiger partial charge in [0.1, 0.15) is 0 Å². The molecule has 5 heteroatoms. The quantitative estimate of drug-likeness (QED) is 0.862. The fourth-order valence-electron chi connectivity index (χ4n) is 2.61. The predicted octanol–water partition coefficient (Wildman–Crippen LogP) is 3.77. The lowest BCUT2D eigenvalue weighted by molar-refractivity contribution is 0.527. The van der Waals surface area contributed by atoms with Gasteiger partial charge in [-0.25, -0.2) is 0 Å². The first-order chi connectivity index (χ1) is 10.1. The van der Waals surface area contributed by atoms with E-state index >= 15 is 0 Å². The topological polar surface area (TPSA) is 42.7 Å². The van der Waals surface area contributed by atoms with Gasteiger partial charge in [-0.15, -0.1) is 0 Å². The maximum absolute atomic E-state index is 4.48. The Kier molecular flexibility index (Phi) is 5.53. The normalized spacial score (nSPS) is 12.6. The number of nitrogens with one attached hydrogen (secondary N) is 1. The van der Waals surface area contributed by atoms with E-state index in [9.17, 15) is 0 Å². The van der Waals surface area contributed by atoms with Crippen molar-refractivity contribution in [1.29, 1.82) is 0 Å². The number of halogens is 1. The van der Waals surface area contributed by atoms with Crippen LogP contribution < -0.4 is 5.32 Å². The molecule has 0 saturated carbocycles. The van der Waals surface area contributed by atoms with Crippen molar-refractivity contribution in [1.82, 2.24) is 20.1 Å². The predicted molar refractivity (Wildman–Crippen MR) is 89.4 cm³/mol. The maximum Gasteiger partial charge on any atom is 0.0761 e. The zero-order valence-electron chi connectivity index (χ0n) is 13.2. The standard InChI is InChI=1S/C16H23BrN4/c1-5-7-18-15(13-8-11(3)20-12(4)9-13)16-14(17)10-19-21(16)6-2/h8-10,15,18H,5-7H2,1-4H3. The molecule has 2 aromatic heterocycles. The maximum atomic E-state index is 4.48. The molecule has 0 radical (unpaired) electrons. The number of rotatable bonds is 6. The van der Waals surface area contributed by atoms with Gasteiger partial charge in [0.05, 0.1) is 22.4 Å². The molecule has 2 aromatic rings. The molecule has 21 heavy (non-hydrogen) atoms. The highest BCUT2D eigenvalue weighted by molar-refractivity contribution is 9.10. The lowest BCUT2D eigenvalue weighted by Crippen LogP contribution is -2.26. The molecule has 2 heterocycles.